The lowest BCUT2D eigenvalue weighted by Gasteiger charge is -2.15. The third kappa shape index (κ3) is 2.77. The number of nitrogens with two attached hydrogens (primary N) is 1. The van der Waals surface area contributed by atoms with Crippen LogP contribution in [0.2, 0.25) is 0 Å². The number of nitrogens with zero attached hydrogens (tertiary/aromatic N) is 2. The summed E-state index contributed by atoms with van der Waals surface area (Å²) in [7, 11) is 0. The normalized spacial score (nSPS) is 11.6. The van der Waals surface area contributed by atoms with Gasteiger partial charge >= 0.3 is 0 Å². The Morgan fingerprint density at radius 2 is 1.94 bits per heavy atom. The largest absolute Gasteiger partial charge is 0.399 e. The first-order valence-electron chi connectivity index (χ1n) is 5.68. The van der Waals surface area contributed by atoms with Crippen molar-refractivity contribution in [2.75, 3.05) is 11.1 Å². The Morgan fingerprint density at radius 1 is 1.22 bits per heavy atom. The summed E-state index contributed by atoms with van der Waals surface area (Å²) in [6.07, 6.45) is 0. The fraction of sp³-hybridized carbons (Fsp3) is 0.143. The molecule has 1 aromatic carbocycles. The van der Waals surface area contributed by atoms with Crippen LogP contribution in [0.1, 0.15) is 24.2 Å². The van der Waals surface area contributed by atoms with Gasteiger partial charge in [0.15, 0.2) is 0 Å². The molecule has 1 aromatic heterocycles. The highest BCUT2D eigenvalue weighted by Crippen LogP contribution is 2.18. The van der Waals surface area contributed by atoms with Crippen LogP contribution in [0.3, 0.4) is 0 Å². The Kier molecular flexibility index (Phi) is 3.44. The van der Waals surface area contributed by atoms with E-state index in [0.717, 1.165) is 11.3 Å². The third-order valence-corrected chi connectivity index (χ3v) is 2.66. The summed E-state index contributed by atoms with van der Waals surface area (Å²) in [6.45, 7) is 2.03. The molecule has 0 aliphatic rings. The molecule has 1 atom stereocenters. The van der Waals surface area contributed by atoms with E-state index in [9.17, 15) is 0 Å². The highest BCUT2D eigenvalue weighted by Gasteiger charge is 2.06. The van der Waals surface area contributed by atoms with Gasteiger partial charge in [0.2, 0.25) is 0 Å². The minimum absolute atomic E-state index is 0.104. The molecule has 0 aliphatic carbocycles. The van der Waals surface area contributed by atoms with E-state index in [1.54, 1.807) is 6.07 Å². The van der Waals surface area contributed by atoms with E-state index in [1.807, 2.05) is 49.4 Å². The summed E-state index contributed by atoms with van der Waals surface area (Å²) in [5.74, 6) is 0.693. The zero-order valence-electron chi connectivity index (χ0n) is 10.1. The first-order chi connectivity index (χ1) is 8.69. The van der Waals surface area contributed by atoms with Gasteiger partial charge in [0.25, 0.3) is 0 Å². The van der Waals surface area contributed by atoms with E-state index >= 15 is 0 Å². The van der Waals surface area contributed by atoms with Gasteiger partial charge in [-0.25, -0.2) is 4.98 Å². The first-order valence-corrected chi connectivity index (χ1v) is 5.68. The minimum Gasteiger partial charge on any atom is -0.399 e. The van der Waals surface area contributed by atoms with E-state index in [1.165, 1.54) is 0 Å². The van der Waals surface area contributed by atoms with E-state index in [2.05, 4.69) is 10.3 Å². The summed E-state index contributed by atoms with van der Waals surface area (Å²) in [5.41, 5.74) is 7.92. The third-order valence-electron chi connectivity index (χ3n) is 2.66. The van der Waals surface area contributed by atoms with Gasteiger partial charge in [0.1, 0.15) is 17.6 Å². The monoisotopic (exact) mass is 238 g/mol. The molecule has 4 nitrogen and oxygen atoms in total. The highest BCUT2D eigenvalue weighted by atomic mass is 15.0. The Balaban J connectivity index is 2.13. The molecule has 3 N–H and O–H groups in total. The second-order valence-electron chi connectivity index (χ2n) is 4.05. The zero-order valence-corrected chi connectivity index (χ0v) is 10.1. The van der Waals surface area contributed by atoms with Gasteiger partial charge < -0.3 is 11.1 Å². The van der Waals surface area contributed by atoms with E-state index in [4.69, 9.17) is 11.0 Å². The van der Waals surface area contributed by atoms with Crippen molar-refractivity contribution in [3.63, 3.8) is 0 Å². The number of benzene rings is 1. The van der Waals surface area contributed by atoms with Crippen LogP contribution in [-0.2, 0) is 0 Å². The smallest absolute Gasteiger partial charge is 0.142 e. The van der Waals surface area contributed by atoms with Crippen LogP contribution in [0.5, 0.6) is 0 Å². The summed E-state index contributed by atoms with van der Waals surface area (Å²) in [5, 5.41) is 12.0. The molecule has 0 amide bonds. The number of hydrogen-bond acceptors (Lipinski definition) is 4. The average Bonchev–Trinajstić information content (AvgIpc) is 2.39. The molecule has 0 radical (unpaired) electrons. The number of anilines is 2. The number of nitriles is 1. The van der Waals surface area contributed by atoms with Crippen molar-refractivity contribution in [2.24, 2.45) is 0 Å². The van der Waals surface area contributed by atoms with Gasteiger partial charge in [0.05, 0.1) is 0 Å². The van der Waals surface area contributed by atoms with Gasteiger partial charge in [-0.15, -0.1) is 0 Å². The average molecular weight is 238 g/mol. The van der Waals surface area contributed by atoms with Crippen molar-refractivity contribution < 1.29 is 0 Å². The van der Waals surface area contributed by atoms with Crippen molar-refractivity contribution in [3.8, 4) is 6.07 Å². The Labute approximate surface area is 106 Å². The van der Waals surface area contributed by atoms with Crippen LogP contribution in [0.15, 0.2) is 42.5 Å². The predicted octanol–water partition coefficient (Wildman–Crippen LogP) is 2.71. The van der Waals surface area contributed by atoms with Crippen molar-refractivity contribution in [2.45, 2.75) is 13.0 Å². The second kappa shape index (κ2) is 5.19. The number of pyridine rings is 1. The lowest BCUT2D eigenvalue weighted by atomic mass is 10.1. The summed E-state index contributed by atoms with van der Waals surface area (Å²) in [4.78, 5) is 4.18. The molecular weight excluding hydrogens is 224 g/mol. The number of hydrogen-bond donors (Lipinski definition) is 2. The quantitative estimate of drug-likeness (QED) is 0.806. The lowest BCUT2D eigenvalue weighted by molar-refractivity contribution is 0.874. The molecule has 2 rings (SSSR count). The highest BCUT2D eigenvalue weighted by molar-refractivity contribution is 5.44. The van der Waals surface area contributed by atoms with Gasteiger partial charge in [-0.2, -0.15) is 5.26 Å². The standard InChI is InChI=1S/C14H14N4/c1-10(11-5-7-12(16)8-6-11)17-14-4-2-3-13(9-15)18-14/h2-8,10H,16H2,1H3,(H,17,18). The second-order valence-corrected chi connectivity index (χ2v) is 4.05. The van der Waals surface area contributed by atoms with Crippen LogP contribution in [0, 0.1) is 11.3 Å². The maximum Gasteiger partial charge on any atom is 0.142 e. The SMILES string of the molecule is CC(Nc1cccc(C#N)n1)c1ccc(N)cc1. The predicted molar refractivity (Wildman–Crippen MR) is 71.8 cm³/mol. The molecule has 1 heterocycles. The molecule has 0 saturated heterocycles. The van der Waals surface area contributed by atoms with Gasteiger partial charge in [-0.1, -0.05) is 18.2 Å². The zero-order chi connectivity index (χ0) is 13.0. The Hall–Kier alpha value is -2.54. The van der Waals surface area contributed by atoms with E-state index < -0.39 is 0 Å². The molecule has 4 heteroatoms. The number of aromatic nitrogens is 1. The summed E-state index contributed by atoms with van der Waals surface area (Å²) in [6, 6.07) is 15.1. The first kappa shape index (κ1) is 11.9. The van der Waals surface area contributed by atoms with Crippen LogP contribution >= 0.6 is 0 Å². The Morgan fingerprint density at radius 3 is 2.61 bits per heavy atom. The van der Waals surface area contributed by atoms with Gasteiger partial charge in [-0.05, 0) is 36.8 Å². The van der Waals surface area contributed by atoms with Crippen molar-refractivity contribution >= 4 is 11.5 Å². The molecule has 0 spiro atoms. The fourth-order valence-corrected chi connectivity index (χ4v) is 1.67. The van der Waals surface area contributed by atoms with E-state index in [-0.39, 0.29) is 6.04 Å². The van der Waals surface area contributed by atoms with E-state index in [0.29, 0.717) is 11.5 Å². The molecule has 2 aromatic rings. The topological polar surface area (TPSA) is 74.7 Å². The molecular formula is C14H14N4. The molecule has 90 valence electrons. The number of nitrogen functional groups attached to an aromatic ring is 1. The number of rotatable bonds is 3. The molecule has 18 heavy (non-hydrogen) atoms. The van der Waals surface area contributed by atoms with Crippen LogP contribution < -0.4 is 11.1 Å². The Bertz CT molecular complexity index is 569. The van der Waals surface area contributed by atoms with Crippen LogP contribution in [-0.4, -0.2) is 4.98 Å². The maximum absolute atomic E-state index is 8.79. The number of nitrogens with one attached hydrogen (secondary N) is 1. The molecule has 0 bridgehead atoms. The minimum atomic E-state index is 0.104. The molecule has 1 unspecified atom stereocenters. The van der Waals surface area contributed by atoms with Crippen LogP contribution in [0.25, 0.3) is 0 Å². The van der Waals surface area contributed by atoms with Crippen molar-refractivity contribution in [3.05, 3.63) is 53.7 Å². The summed E-state index contributed by atoms with van der Waals surface area (Å²) >= 11 is 0. The lowest BCUT2D eigenvalue weighted by Crippen LogP contribution is -2.08. The van der Waals surface area contributed by atoms with Crippen molar-refractivity contribution in [1.82, 2.24) is 4.98 Å². The molecule has 0 fully saturated rings. The van der Waals surface area contributed by atoms with Gasteiger partial charge in [0, 0.05) is 11.7 Å². The van der Waals surface area contributed by atoms with Crippen molar-refractivity contribution in [1.29, 1.82) is 5.26 Å². The maximum atomic E-state index is 8.79. The summed E-state index contributed by atoms with van der Waals surface area (Å²) < 4.78 is 0. The molecule has 0 aliphatic heterocycles. The van der Waals surface area contributed by atoms with Gasteiger partial charge in [-0.3, -0.25) is 0 Å². The van der Waals surface area contributed by atoms with Crippen LogP contribution in [0.4, 0.5) is 11.5 Å². The molecule has 0 saturated carbocycles. The fourth-order valence-electron chi connectivity index (χ4n) is 1.67.